The molecule has 4 aliphatic rings. The highest BCUT2D eigenvalue weighted by atomic mass is 35.5. The van der Waals surface area contributed by atoms with E-state index in [1.807, 2.05) is 48.5 Å². The predicted octanol–water partition coefficient (Wildman–Crippen LogP) is 4.40. The van der Waals surface area contributed by atoms with Crippen molar-refractivity contribution < 1.29 is 19.6 Å². The van der Waals surface area contributed by atoms with Gasteiger partial charge in [0.15, 0.2) is 0 Å². The van der Waals surface area contributed by atoms with Gasteiger partial charge in [0.2, 0.25) is 11.8 Å². The molecule has 3 aromatic rings. The maximum atomic E-state index is 13.8. The normalized spacial score (nSPS) is 29.0. The molecule has 1 heterocycles. The molecule has 0 spiro atoms. The van der Waals surface area contributed by atoms with Crippen molar-refractivity contribution in [3.8, 4) is 5.75 Å². The van der Waals surface area contributed by atoms with Crippen LogP contribution in [-0.4, -0.2) is 21.8 Å². The number of amides is 2. The van der Waals surface area contributed by atoms with Gasteiger partial charge in [-0.15, -0.1) is 23.2 Å². The fraction of sp³-hybridized carbons (Fsp3) is 0.167. The Bertz CT molecular complexity index is 1300. The topological polar surface area (TPSA) is 101 Å². The van der Waals surface area contributed by atoms with Crippen molar-refractivity contribution in [3.63, 3.8) is 0 Å². The minimum Gasteiger partial charge on any atom is -0.505 e. The summed E-state index contributed by atoms with van der Waals surface area (Å²) in [5.41, 5.74) is 2.15. The number of carbonyl (C=O) groups excluding carboxylic acids is 2. The Morgan fingerprint density at radius 3 is 1.61 bits per heavy atom. The van der Waals surface area contributed by atoms with E-state index in [1.165, 1.54) is 6.07 Å². The lowest BCUT2D eigenvalue weighted by Gasteiger charge is -2.54. The summed E-state index contributed by atoms with van der Waals surface area (Å²) in [5, 5.41) is 21.5. The summed E-state index contributed by atoms with van der Waals surface area (Å²) in [7, 11) is 0. The second kappa shape index (κ2) is 6.34. The van der Waals surface area contributed by atoms with Crippen LogP contribution in [0.25, 0.3) is 0 Å². The average molecular weight is 481 g/mol. The van der Waals surface area contributed by atoms with Crippen molar-refractivity contribution in [2.45, 2.75) is 9.75 Å². The summed E-state index contributed by atoms with van der Waals surface area (Å²) >= 11 is 14.7. The van der Waals surface area contributed by atoms with E-state index in [9.17, 15) is 24.8 Å². The third kappa shape index (κ3) is 2.21. The first-order valence-electron chi connectivity index (χ1n) is 10.2. The van der Waals surface area contributed by atoms with E-state index in [0.717, 1.165) is 17.0 Å². The molecule has 1 saturated heterocycles. The molecule has 0 radical (unpaired) electrons. The van der Waals surface area contributed by atoms with Crippen molar-refractivity contribution in [1.82, 2.24) is 0 Å². The molecule has 0 unspecified atom stereocenters. The van der Waals surface area contributed by atoms with Crippen LogP contribution in [0.3, 0.4) is 0 Å². The highest BCUT2D eigenvalue weighted by molar-refractivity contribution is 6.38. The zero-order valence-corrected chi connectivity index (χ0v) is 18.2. The van der Waals surface area contributed by atoms with Gasteiger partial charge in [-0.2, -0.15) is 0 Å². The SMILES string of the molecule is O=C1[C@H]2[C@H](C(=O)N1c1ccc([N+](=O)[O-])cc1O)C1(Cl)c3ccccc3C2(Cl)c2ccccc21. The van der Waals surface area contributed by atoms with Crippen molar-refractivity contribution in [1.29, 1.82) is 0 Å². The lowest BCUT2D eigenvalue weighted by atomic mass is 9.54. The average Bonchev–Trinajstić information content (AvgIpc) is 3.08. The van der Waals surface area contributed by atoms with Gasteiger partial charge in [0.05, 0.1) is 28.5 Å². The molecule has 2 bridgehead atoms. The lowest BCUT2D eigenvalue weighted by molar-refractivity contribution is -0.384. The van der Waals surface area contributed by atoms with Gasteiger partial charge in [0, 0.05) is 6.07 Å². The number of rotatable bonds is 2. The number of phenolic OH excluding ortho intramolecular Hbond substituents is 1. The number of hydrogen-bond acceptors (Lipinski definition) is 5. The van der Waals surface area contributed by atoms with Crippen LogP contribution in [-0.2, 0) is 19.3 Å². The van der Waals surface area contributed by atoms with Crippen LogP contribution < -0.4 is 4.90 Å². The molecule has 1 aliphatic heterocycles. The van der Waals surface area contributed by atoms with Crippen molar-refractivity contribution in [2.75, 3.05) is 4.90 Å². The molecule has 1 fully saturated rings. The minimum atomic E-state index is -1.34. The number of benzene rings is 3. The van der Waals surface area contributed by atoms with Gasteiger partial charge in [-0.05, 0) is 28.3 Å². The van der Waals surface area contributed by atoms with E-state index in [1.54, 1.807) is 0 Å². The van der Waals surface area contributed by atoms with E-state index in [2.05, 4.69) is 0 Å². The number of anilines is 1. The molecule has 0 saturated carbocycles. The number of carbonyl (C=O) groups is 2. The number of phenols is 1. The van der Waals surface area contributed by atoms with Gasteiger partial charge in [-0.3, -0.25) is 19.7 Å². The Morgan fingerprint density at radius 1 is 0.818 bits per heavy atom. The van der Waals surface area contributed by atoms with Crippen molar-refractivity contribution in [2.24, 2.45) is 11.8 Å². The zero-order valence-electron chi connectivity index (χ0n) is 16.7. The first-order chi connectivity index (χ1) is 15.7. The van der Waals surface area contributed by atoms with Gasteiger partial charge in [-0.1, -0.05) is 48.5 Å². The van der Waals surface area contributed by atoms with Crippen LogP contribution in [0, 0.1) is 22.0 Å². The highest BCUT2D eigenvalue weighted by Crippen LogP contribution is 2.69. The molecule has 3 aliphatic carbocycles. The molecule has 164 valence electrons. The number of aromatic hydroxyl groups is 1. The standard InChI is InChI=1S/C24H14Cl2N2O5/c25-23-13-5-1-2-6-14(13)24(26,16-8-4-3-7-15(16)23)20-19(23)21(30)27(22(20)31)17-10-9-12(28(32)33)11-18(17)29/h1-11,19-20,29H/t19-,20-,23?,24?/m1/s1. The van der Waals surface area contributed by atoms with Crippen LogP contribution in [0.15, 0.2) is 66.7 Å². The summed E-state index contributed by atoms with van der Waals surface area (Å²) < 4.78 is 0. The van der Waals surface area contributed by atoms with Crippen LogP contribution in [0.4, 0.5) is 11.4 Å². The van der Waals surface area contributed by atoms with Crippen LogP contribution in [0.1, 0.15) is 22.3 Å². The molecule has 0 aromatic heterocycles. The number of imide groups is 1. The van der Waals surface area contributed by atoms with Crippen molar-refractivity contribution >= 4 is 46.4 Å². The minimum absolute atomic E-state index is 0.141. The number of non-ortho nitro benzene ring substituents is 1. The fourth-order valence-electron chi connectivity index (χ4n) is 5.72. The number of nitrogens with zero attached hydrogens (tertiary/aromatic N) is 2. The quantitative estimate of drug-likeness (QED) is 0.253. The summed E-state index contributed by atoms with van der Waals surface area (Å²) in [4.78, 5) is 36.2. The van der Waals surface area contributed by atoms with Crippen molar-refractivity contribution in [3.05, 3.63) is 99.1 Å². The van der Waals surface area contributed by atoms with Crippen LogP contribution >= 0.6 is 23.2 Å². The maximum Gasteiger partial charge on any atom is 0.273 e. The first-order valence-corrected chi connectivity index (χ1v) is 10.9. The molecule has 33 heavy (non-hydrogen) atoms. The Balaban J connectivity index is 1.61. The molecule has 3 aromatic carbocycles. The highest BCUT2D eigenvalue weighted by Gasteiger charge is 2.73. The van der Waals surface area contributed by atoms with Gasteiger partial charge < -0.3 is 5.11 Å². The molecule has 1 N–H and O–H groups in total. The summed E-state index contributed by atoms with van der Waals surface area (Å²) in [6.07, 6.45) is 0. The number of hydrogen-bond donors (Lipinski definition) is 1. The smallest absolute Gasteiger partial charge is 0.273 e. The predicted molar refractivity (Wildman–Crippen MR) is 120 cm³/mol. The number of alkyl halides is 2. The number of halogens is 2. The fourth-order valence-corrected chi connectivity index (χ4v) is 6.82. The summed E-state index contributed by atoms with van der Waals surface area (Å²) in [6.45, 7) is 0. The number of nitro benzene ring substituents is 1. The van der Waals surface area contributed by atoms with Gasteiger partial charge in [0.25, 0.3) is 5.69 Å². The summed E-state index contributed by atoms with van der Waals surface area (Å²) in [5.74, 6) is -3.83. The Hall–Kier alpha value is -3.42. The second-order valence-corrected chi connectivity index (χ2v) is 9.60. The molecule has 2 amide bonds. The Labute approximate surface area is 197 Å². The molecular formula is C24H14Cl2N2O5. The zero-order chi connectivity index (χ0) is 23.3. The van der Waals surface area contributed by atoms with E-state index in [0.29, 0.717) is 22.3 Å². The van der Waals surface area contributed by atoms with Crippen LogP contribution in [0.5, 0.6) is 5.75 Å². The van der Waals surface area contributed by atoms with E-state index < -0.39 is 44.1 Å². The lowest BCUT2D eigenvalue weighted by Crippen LogP contribution is -2.57. The van der Waals surface area contributed by atoms with E-state index >= 15 is 0 Å². The summed E-state index contributed by atoms with van der Waals surface area (Å²) in [6, 6.07) is 17.7. The number of nitro groups is 1. The molecule has 9 heteroatoms. The van der Waals surface area contributed by atoms with E-state index in [4.69, 9.17) is 23.2 Å². The van der Waals surface area contributed by atoms with Gasteiger partial charge in [-0.25, -0.2) is 4.90 Å². The molecular weight excluding hydrogens is 467 g/mol. The van der Waals surface area contributed by atoms with Gasteiger partial charge >= 0.3 is 0 Å². The Morgan fingerprint density at radius 2 is 1.24 bits per heavy atom. The van der Waals surface area contributed by atoms with Crippen LogP contribution in [0.2, 0.25) is 0 Å². The maximum absolute atomic E-state index is 13.8. The molecule has 2 atom stereocenters. The molecule has 7 nitrogen and oxygen atoms in total. The third-order valence-electron chi connectivity index (χ3n) is 7.00. The second-order valence-electron chi connectivity index (χ2n) is 8.41. The Kier molecular flexibility index (Phi) is 3.88. The van der Waals surface area contributed by atoms with E-state index in [-0.39, 0.29) is 11.4 Å². The van der Waals surface area contributed by atoms with Gasteiger partial charge in [0.1, 0.15) is 15.5 Å². The largest absolute Gasteiger partial charge is 0.505 e. The molecule has 7 rings (SSSR count). The monoisotopic (exact) mass is 480 g/mol. The first kappa shape index (κ1) is 20.2. The third-order valence-corrected chi connectivity index (χ3v) is 8.28.